The largest absolute Gasteiger partial charge is 0.226 e. The first kappa shape index (κ1) is 13.0. The summed E-state index contributed by atoms with van der Waals surface area (Å²) in [6.07, 6.45) is 2.72. The molecule has 1 aliphatic carbocycles. The Morgan fingerprint density at radius 3 is 2.38 bits per heavy atom. The number of nitrogens with one attached hydrogen (secondary N) is 1. The van der Waals surface area contributed by atoms with Crippen LogP contribution in [0.25, 0.3) is 0 Å². The van der Waals surface area contributed by atoms with Gasteiger partial charge >= 0.3 is 0 Å². The number of hydrogen-bond acceptors (Lipinski definition) is 4. The summed E-state index contributed by atoms with van der Waals surface area (Å²) < 4.78 is 25.3. The van der Waals surface area contributed by atoms with Crippen molar-refractivity contribution in [2.24, 2.45) is 5.92 Å². The van der Waals surface area contributed by atoms with Crippen molar-refractivity contribution >= 4 is 10.0 Å². The zero-order valence-corrected chi connectivity index (χ0v) is 10.0. The highest BCUT2D eigenvalue weighted by molar-refractivity contribution is 7.89. The maximum Gasteiger partial charge on any atom is 0.226 e. The minimum Gasteiger partial charge on any atom is -0.211 e. The first-order chi connectivity index (χ1) is 7.43. The van der Waals surface area contributed by atoms with Gasteiger partial charge in [-0.15, -0.1) is 0 Å². The molecule has 0 spiro atoms. The minimum absolute atomic E-state index is 0.523. The van der Waals surface area contributed by atoms with Gasteiger partial charge < -0.3 is 0 Å². The van der Waals surface area contributed by atoms with Crippen molar-refractivity contribution < 1.29 is 8.42 Å². The van der Waals surface area contributed by atoms with Crippen molar-refractivity contribution in [2.75, 3.05) is 5.75 Å². The quantitative estimate of drug-likeness (QED) is 0.794. The average molecular weight is 241 g/mol. The van der Waals surface area contributed by atoms with E-state index in [2.05, 4.69) is 17.7 Å². The lowest BCUT2D eigenvalue weighted by Crippen LogP contribution is -2.50. The number of hydrogen-bond donors (Lipinski definition) is 1. The SMILES string of the molecule is CC1CCC(C#N)(NS(=O)(=O)CC#N)CC1. The Hall–Kier alpha value is -1.11. The summed E-state index contributed by atoms with van der Waals surface area (Å²) in [6.45, 7) is 2.09. The monoisotopic (exact) mass is 241 g/mol. The highest BCUT2D eigenvalue weighted by Gasteiger charge is 2.37. The van der Waals surface area contributed by atoms with Crippen molar-refractivity contribution in [3.05, 3.63) is 0 Å². The summed E-state index contributed by atoms with van der Waals surface area (Å²) in [5.74, 6) is -0.0617. The number of rotatable bonds is 3. The van der Waals surface area contributed by atoms with Gasteiger partial charge in [-0.25, -0.2) is 8.42 Å². The van der Waals surface area contributed by atoms with Gasteiger partial charge in [-0.3, -0.25) is 0 Å². The van der Waals surface area contributed by atoms with Crippen LogP contribution in [0.4, 0.5) is 0 Å². The standard InChI is InChI=1S/C10H15N3O2S/c1-9-2-4-10(8-12,5-3-9)13-16(14,15)7-6-11/h9,13H,2-5,7H2,1H3. The van der Waals surface area contributed by atoms with Crippen LogP contribution in [-0.4, -0.2) is 19.7 Å². The lowest BCUT2D eigenvalue weighted by Gasteiger charge is -2.33. The van der Waals surface area contributed by atoms with E-state index in [0.29, 0.717) is 18.8 Å². The molecule has 16 heavy (non-hydrogen) atoms. The maximum atomic E-state index is 11.5. The first-order valence-electron chi connectivity index (χ1n) is 5.23. The van der Waals surface area contributed by atoms with Gasteiger partial charge in [-0.1, -0.05) is 6.92 Å². The molecule has 0 amide bonds. The Labute approximate surface area is 96.1 Å². The molecular weight excluding hydrogens is 226 g/mol. The van der Waals surface area contributed by atoms with E-state index in [-0.39, 0.29) is 0 Å². The zero-order chi connectivity index (χ0) is 12.2. The molecular formula is C10H15N3O2S. The molecule has 6 heteroatoms. The molecule has 0 aromatic rings. The molecule has 1 saturated carbocycles. The Morgan fingerprint density at radius 2 is 1.94 bits per heavy atom. The molecule has 0 bridgehead atoms. The molecule has 1 fully saturated rings. The molecule has 1 aliphatic rings. The van der Waals surface area contributed by atoms with E-state index in [1.165, 1.54) is 0 Å². The fourth-order valence-corrected chi connectivity index (χ4v) is 3.00. The van der Waals surface area contributed by atoms with Crippen LogP contribution in [0.3, 0.4) is 0 Å². The summed E-state index contributed by atoms with van der Waals surface area (Å²) >= 11 is 0. The van der Waals surface area contributed by atoms with Gasteiger partial charge in [0.25, 0.3) is 0 Å². The van der Waals surface area contributed by atoms with Gasteiger partial charge in [-0.05, 0) is 31.6 Å². The van der Waals surface area contributed by atoms with E-state index in [0.717, 1.165) is 12.8 Å². The average Bonchev–Trinajstić information content (AvgIpc) is 2.21. The fraction of sp³-hybridized carbons (Fsp3) is 0.800. The Balaban J connectivity index is 2.77. The highest BCUT2D eigenvalue weighted by atomic mass is 32.2. The topological polar surface area (TPSA) is 93.8 Å². The van der Waals surface area contributed by atoms with Gasteiger partial charge in [0.15, 0.2) is 5.75 Å². The molecule has 1 N–H and O–H groups in total. The third-order valence-electron chi connectivity index (χ3n) is 2.95. The van der Waals surface area contributed by atoms with Crippen molar-refractivity contribution in [1.29, 1.82) is 10.5 Å². The molecule has 0 aliphatic heterocycles. The van der Waals surface area contributed by atoms with E-state index in [1.807, 2.05) is 0 Å². The van der Waals surface area contributed by atoms with Crippen LogP contribution in [-0.2, 0) is 10.0 Å². The second-order valence-electron chi connectivity index (χ2n) is 4.40. The van der Waals surface area contributed by atoms with Crippen LogP contribution < -0.4 is 4.72 Å². The van der Waals surface area contributed by atoms with Crippen LogP contribution in [0, 0.1) is 28.6 Å². The van der Waals surface area contributed by atoms with E-state index in [4.69, 9.17) is 10.5 Å². The fourth-order valence-electron chi connectivity index (χ4n) is 1.91. The molecule has 0 atom stereocenters. The van der Waals surface area contributed by atoms with Gasteiger partial charge in [0, 0.05) is 0 Å². The second kappa shape index (κ2) is 4.82. The first-order valence-corrected chi connectivity index (χ1v) is 6.88. The van der Waals surface area contributed by atoms with E-state index < -0.39 is 21.3 Å². The third-order valence-corrected chi connectivity index (χ3v) is 4.16. The summed E-state index contributed by atoms with van der Waals surface area (Å²) in [4.78, 5) is 0. The Bertz CT molecular complexity index is 422. The number of nitriles is 2. The molecule has 0 aromatic carbocycles. The van der Waals surface area contributed by atoms with E-state index in [1.54, 1.807) is 6.07 Å². The molecule has 0 unspecified atom stereocenters. The summed E-state index contributed by atoms with van der Waals surface area (Å²) in [6, 6.07) is 3.64. The summed E-state index contributed by atoms with van der Waals surface area (Å²) in [5, 5.41) is 17.5. The zero-order valence-electron chi connectivity index (χ0n) is 9.23. The van der Waals surface area contributed by atoms with Crippen LogP contribution in [0.1, 0.15) is 32.6 Å². The van der Waals surface area contributed by atoms with Crippen LogP contribution in [0.5, 0.6) is 0 Å². The van der Waals surface area contributed by atoms with Crippen molar-refractivity contribution in [1.82, 2.24) is 4.72 Å². The maximum absolute atomic E-state index is 11.5. The predicted molar refractivity (Wildman–Crippen MR) is 58.5 cm³/mol. The van der Waals surface area contributed by atoms with Crippen molar-refractivity contribution in [3.63, 3.8) is 0 Å². The Kier molecular flexibility index (Phi) is 3.90. The smallest absolute Gasteiger partial charge is 0.211 e. The van der Waals surface area contributed by atoms with Crippen molar-refractivity contribution in [3.8, 4) is 12.1 Å². The summed E-state index contributed by atoms with van der Waals surface area (Å²) in [7, 11) is -3.65. The highest BCUT2D eigenvalue weighted by Crippen LogP contribution is 2.31. The second-order valence-corrected chi connectivity index (χ2v) is 6.12. The Morgan fingerprint density at radius 1 is 1.38 bits per heavy atom. The van der Waals surface area contributed by atoms with Crippen LogP contribution in [0.2, 0.25) is 0 Å². The van der Waals surface area contributed by atoms with Gasteiger partial charge in [0.2, 0.25) is 10.0 Å². The van der Waals surface area contributed by atoms with Crippen LogP contribution >= 0.6 is 0 Å². The normalized spacial score (nSPS) is 30.3. The van der Waals surface area contributed by atoms with Crippen LogP contribution in [0.15, 0.2) is 0 Å². The molecule has 5 nitrogen and oxygen atoms in total. The van der Waals surface area contributed by atoms with Gasteiger partial charge in [0.05, 0.1) is 12.1 Å². The van der Waals surface area contributed by atoms with E-state index >= 15 is 0 Å². The minimum atomic E-state index is -3.65. The van der Waals surface area contributed by atoms with Crippen molar-refractivity contribution in [2.45, 2.75) is 38.1 Å². The van der Waals surface area contributed by atoms with E-state index in [9.17, 15) is 8.42 Å². The predicted octanol–water partition coefficient (Wildman–Crippen LogP) is 0.902. The molecule has 0 aromatic heterocycles. The number of nitrogens with zero attached hydrogens (tertiary/aromatic N) is 2. The molecule has 1 rings (SSSR count). The lowest BCUT2D eigenvalue weighted by atomic mass is 9.79. The molecule has 0 radical (unpaired) electrons. The molecule has 0 heterocycles. The third kappa shape index (κ3) is 3.19. The lowest BCUT2D eigenvalue weighted by molar-refractivity contribution is 0.278. The van der Waals surface area contributed by atoms with Gasteiger partial charge in [0.1, 0.15) is 5.54 Å². The molecule has 88 valence electrons. The molecule has 0 saturated heterocycles. The van der Waals surface area contributed by atoms with Gasteiger partial charge in [-0.2, -0.15) is 15.2 Å². The summed E-state index contributed by atoms with van der Waals surface area (Å²) in [5.41, 5.74) is -0.998. The number of sulfonamides is 1.